The van der Waals surface area contributed by atoms with Gasteiger partial charge in [0.25, 0.3) is 0 Å². The van der Waals surface area contributed by atoms with Gasteiger partial charge < -0.3 is 4.98 Å². The maximum atomic E-state index is 12.1. The van der Waals surface area contributed by atoms with E-state index in [-0.39, 0.29) is 5.78 Å². The predicted octanol–water partition coefficient (Wildman–Crippen LogP) is 5.36. The van der Waals surface area contributed by atoms with Gasteiger partial charge in [0.05, 0.1) is 5.69 Å². The normalized spacial score (nSPS) is 11.0. The highest BCUT2D eigenvalue weighted by atomic mass is 16.1. The molecule has 0 atom stereocenters. The van der Waals surface area contributed by atoms with Crippen LogP contribution in [0.2, 0.25) is 0 Å². The van der Waals surface area contributed by atoms with Crippen LogP contribution in [0.1, 0.15) is 34.1 Å². The number of rotatable bonds is 4. The molecule has 0 aliphatic heterocycles. The van der Waals surface area contributed by atoms with Gasteiger partial charge in [0.15, 0.2) is 5.78 Å². The van der Waals surface area contributed by atoms with Crippen molar-refractivity contribution in [1.82, 2.24) is 4.98 Å². The Hall–Kier alpha value is -2.87. The van der Waals surface area contributed by atoms with Crippen LogP contribution in [0.5, 0.6) is 0 Å². The summed E-state index contributed by atoms with van der Waals surface area (Å²) in [5.41, 5.74) is 5.79. The van der Waals surface area contributed by atoms with Gasteiger partial charge in [0, 0.05) is 16.8 Å². The number of ketones is 1. The molecule has 1 aromatic heterocycles. The monoisotopic (exact) mass is 301 g/mol. The first-order valence-electron chi connectivity index (χ1n) is 7.69. The van der Waals surface area contributed by atoms with Crippen molar-refractivity contribution in [2.75, 3.05) is 0 Å². The second kappa shape index (κ2) is 6.49. The second-order valence-corrected chi connectivity index (χ2v) is 5.58. The lowest BCUT2D eigenvalue weighted by molar-refractivity contribution is 0.101. The third kappa shape index (κ3) is 3.16. The van der Waals surface area contributed by atoms with E-state index in [2.05, 4.69) is 17.1 Å². The molecule has 23 heavy (non-hydrogen) atoms. The molecule has 2 aromatic carbocycles. The van der Waals surface area contributed by atoms with Crippen molar-refractivity contribution in [2.24, 2.45) is 0 Å². The minimum Gasteiger partial charge on any atom is -0.358 e. The molecule has 2 nitrogen and oxygen atoms in total. The average Bonchev–Trinajstić information content (AvgIpc) is 2.91. The SMILES string of the molecule is CC(=O)c1c(C)[nH]c(-c2ccccc2)c1/C=C/c1ccccc1. The summed E-state index contributed by atoms with van der Waals surface area (Å²) in [7, 11) is 0. The van der Waals surface area contributed by atoms with Gasteiger partial charge in [-0.05, 0) is 25.0 Å². The molecular weight excluding hydrogens is 282 g/mol. The highest BCUT2D eigenvalue weighted by Gasteiger charge is 2.17. The summed E-state index contributed by atoms with van der Waals surface area (Å²) >= 11 is 0. The zero-order chi connectivity index (χ0) is 16.2. The highest BCUT2D eigenvalue weighted by molar-refractivity contribution is 6.02. The zero-order valence-electron chi connectivity index (χ0n) is 13.3. The number of aromatic nitrogens is 1. The van der Waals surface area contributed by atoms with Crippen LogP contribution in [0.25, 0.3) is 23.4 Å². The van der Waals surface area contributed by atoms with E-state index in [0.29, 0.717) is 0 Å². The van der Waals surface area contributed by atoms with Crippen LogP contribution >= 0.6 is 0 Å². The number of aromatic amines is 1. The Morgan fingerprint density at radius 3 is 2.13 bits per heavy atom. The van der Waals surface area contributed by atoms with E-state index in [1.54, 1.807) is 6.92 Å². The van der Waals surface area contributed by atoms with E-state index in [1.807, 2.05) is 67.6 Å². The zero-order valence-corrected chi connectivity index (χ0v) is 13.3. The molecule has 0 saturated carbocycles. The van der Waals surface area contributed by atoms with E-state index in [0.717, 1.165) is 33.6 Å². The molecule has 114 valence electrons. The van der Waals surface area contributed by atoms with Crippen LogP contribution in [0.3, 0.4) is 0 Å². The lowest BCUT2D eigenvalue weighted by Crippen LogP contribution is -1.95. The molecule has 0 aliphatic carbocycles. The van der Waals surface area contributed by atoms with Crippen molar-refractivity contribution in [2.45, 2.75) is 13.8 Å². The van der Waals surface area contributed by atoms with Crippen molar-refractivity contribution >= 4 is 17.9 Å². The van der Waals surface area contributed by atoms with E-state index in [1.165, 1.54) is 0 Å². The summed E-state index contributed by atoms with van der Waals surface area (Å²) in [5.74, 6) is 0.0774. The van der Waals surface area contributed by atoms with Crippen LogP contribution in [0.15, 0.2) is 60.7 Å². The van der Waals surface area contributed by atoms with Crippen molar-refractivity contribution in [3.05, 3.63) is 83.0 Å². The topological polar surface area (TPSA) is 32.9 Å². The predicted molar refractivity (Wildman–Crippen MR) is 96.3 cm³/mol. The maximum Gasteiger partial charge on any atom is 0.162 e. The number of benzene rings is 2. The lowest BCUT2D eigenvalue weighted by Gasteiger charge is -2.02. The first kappa shape index (κ1) is 15.0. The summed E-state index contributed by atoms with van der Waals surface area (Å²) < 4.78 is 0. The second-order valence-electron chi connectivity index (χ2n) is 5.58. The Kier molecular flexibility index (Phi) is 4.24. The lowest BCUT2D eigenvalue weighted by atomic mass is 10.0. The fraction of sp³-hybridized carbons (Fsp3) is 0.0952. The number of hydrogen-bond acceptors (Lipinski definition) is 1. The minimum absolute atomic E-state index is 0.0774. The third-order valence-electron chi connectivity index (χ3n) is 3.88. The molecule has 0 bridgehead atoms. The van der Waals surface area contributed by atoms with Crippen molar-refractivity contribution < 1.29 is 4.79 Å². The highest BCUT2D eigenvalue weighted by Crippen LogP contribution is 2.30. The molecule has 0 aliphatic rings. The molecule has 0 amide bonds. The standard InChI is InChI=1S/C21H19NO/c1-15-20(16(2)23)19(14-13-17-9-5-3-6-10-17)21(22-15)18-11-7-4-8-12-18/h3-14,22H,1-2H3/b14-13+. The quantitative estimate of drug-likeness (QED) is 0.646. The minimum atomic E-state index is 0.0774. The summed E-state index contributed by atoms with van der Waals surface area (Å²) in [6.45, 7) is 3.56. The first-order valence-corrected chi connectivity index (χ1v) is 7.69. The van der Waals surface area contributed by atoms with Gasteiger partial charge in [-0.25, -0.2) is 0 Å². The number of carbonyl (C=O) groups excluding carboxylic acids is 1. The molecule has 1 N–H and O–H groups in total. The summed E-state index contributed by atoms with van der Waals surface area (Å²) in [4.78, 5) is 15.5. The molecule has 2 heteroatoms. The van der Waals surface area contributed by atoms with Crippen LogP contribution in [-0.4, -0.2) is 10.8 Å². The van der Waals surface area contributed by atoms with Gasteiger partial charge in [-0.2, -0.15) is 0 Å². The molecule has 0 unspecified atom stereocenters. The Labute approximate surface area is 136 Å². The Balaban J connectivity index is 2.13. The molecule has 3 aromatic rings. The van der Waals surface area contributed by atoms with Gasteiger partial charge in [-0.1, -0.05) is 72.8 Å². The van der Waals surface area contributed by atoms with Gasteiger partial charge in [-0.15, -0.1) is 0 Å². The molecule has 0 spiro atoms. The maximum absolute atomic E-state index is 12.1. The van der Waals surface area contributed by atoms with Crippen LogP contribution in [0, 0.1) is 6.92 Å². The van der Waals surface area contributed by atoms with Gasteiger partial charge in [0.1, 0.15) is 0 Å². The third-order valence-corrected chi connectivity index (χ3v) is 3.88. The van der Waals surface area contributed by atoms with Crippen LogP contribution in [0.4, 0.5) is 0 Å². The molecule has 0 radical (unpaired) electrons. The number of H-pyrrole nitrogens is 1. The Bertz CT molecular complexity index is 842. The average molecular weight is 301 g/mol. The van der Waals surface area contributed by atoms with Crippen molar-refractivity contribution in [3.63, 3.8) is 0 Å². The molecule has 0 saturated heterocycles. The summed E-state index contributed by atoms with van der Waals surface area (Å²) in [5, 5.41) is 0. The first-order chi connectivity index (χ1) is 11.2. The van der Waals surface area contributed by atoms with Crippen molar-refractivity contribution in [1.29, 1.82) is 0 Å². The fourth-order valence-electron chi connectivity index (χ4n) is 2.84. The number of hydrogen-bond donors (Lipinski definition) is 1. The number of aryl methyl sites for hydroxylation is 1. The molecule has 0 fully saturated rings. The number of Topliss-reactive ketones (excluding diaryl/α,β-unsaturated/α-hetero) is 1. The Morgan fingerprint density at radius 1 is 0.913 bits per heavy atom. The Morgan fingerprint density at radius 2 is 1.52 bits per heavy atom. The summed E-state index contributed by atoms with van der Waals surface area (Å²) in [6.07, 6.45) is 4.07. The number of carbonyl (C=O) groups is 1. The van der Waals surface area contributed by atoms with E-state index in [9.17, 15) is 4.79 Å². The van der Waals surface area contributed by atoms with Gasteiger partial charge in [0.2, 0.25) is 0 Å². The molecule has 3 rings (SSSR count). The molecule has 1 heterocycles. The van der Waals surface area contributed by atoms with E-state index >= 15 is 0 Å². The van der Waals surface area contributed by atoms with Crippen LogP contribution < -0.4 is 0 Å². The van der Waals surface area contributed by atoms with E-state index in [4.69, 9.17) is 0 Å². The van der Waals surface area contributed by atoms with Gasteiger partial charge in [-0.3, -0.25) is 4.79 Å². The molecular formula is C21H19NO. The smallest absolute Gasteiger partial charge is 0.162 e. The number of nitrogens with one attached hydrogen (secondary N) is 1. The largest absolute Gasteiger partial charge is 0.358 e. The van der Waals surface area contributed by atoms with E-state index < -0.39 is 0 Å². The van der Waals surface area contributed by atoms with Crippen molar-refractivity contribution in [3.8, 4) is 11.3 Å². The van der Waals surface area contributed by atoms with Crippen LogP contribution in [-0.2, 0) is 0 Å². The van der Waals surface area contributed by atoms with Gasteiger partial charge >= 0.3 is 0 Å². The summed E-state index contributed by atoms with van der Waals surface area (Å²) in [6, 6.07) is 20.2. The fourth-order valence-corrected chi connectivity index (χ4v) is 2.84.